The standard InChI is InChI=1S/C18H20O/c1-13-11-14(2)17(15(3)12-13)10-9-16-7-5-6-8-18(16)19-4/h5-12H,1-4H3/b10-9+. The molecule has 19 heavy (non-hydrogen) atoms. The van der Waals surface area contributed by atoms with Gasteiger partial charge in [0.05, 0.1) is 7.11 Å². The molecule has 1 heteroatoms. The van der Waals surface area contributed by atoms with Crippen molar-refractivity contribution in [1.82, 2.24) is 0 Å². The average Bonchev–Trinajstić information content (AvgIpc) is 2.38. The first-order valence-electron chi connectivity index (χ1n) is 6.51. The van der Waals surface area contributed by atoms with Crippen molar-refractivity contribution in [1.29, 1.82) is 0 Å². The second kappa shape index (κ2) is 5.75. The van der Waals surface area contributed by atoms with Crippen molar-refractivity contribution in [3.63, 3.8) is 0 Å². The van der Waals surface area contributed by atoms with E-state index in [1.165, 1.54) is 22.3 Å². The van der Waals surface area contributed by atoms with Crippen LogP contribution in [0.5, 0.6) is 5.75 Å². The Balaban J connectivity index is 2.38. The van der Waals surface area contributed by atoms with E-state index in [1.807, 2.05) is 18.2 Å². The summed E-state index contributed by atoms with van der Waals surface area (Å²) in [6.45, 7) is 6.44. The van der Waals surface area contributed by atoms with Crippen LogP contribution >= 0.6 is 0 Å². The molecule has 0 aliphatic rings. The van der Waals surface area contributed by atoms with Crippen LogP contribution in [0.4, 0.5) is 0 Å². The molecule has 0 radical (unpaired) electrons. The smallest absolute Gasteiger partial charge is 0.126 e. The van der Waals surface area contributed by atoms with E-state index in [0.717, 1.165) is 11.3 Å². The minimum Gasteiger partial charge on any atom is -0.496 e. The number of hydrogen-bond acceptors (Lipinski definition) is 1. The van der Waals surface area contributed by atoms with Gasteiger partial charge in [-0.15, -0.1) is 0 Å². The predicted molar refractivity (Wildman–Crippen MR) is 82.6 cm³/mol. The summed E-state index contributed by atoms with van der Waals surface area (Å²) in [5, 5.41) is 0. The predicted octanol–water partition coefficient (Wildman–Crippen LogP) is 4.79. The maximum atomic E-state index is 5.36. The molecule has 0 spiro atoms. The Morgan fingerprint density at radius 3 is 2.16 bits per heavy atom. The zero-order valence-corrected chi connectivity index (χ0v) is 12.0. The second-order valence-corrected chi connectivity index (χ2v) is 4.89. The van der Waals surface area contributed by atoms with Gasteiger partial charge in [-0.1, -0.05) is 48.0 Å². The molecule has 98 valence electrons. The van der Waals surface area contributed by atoms with Crippen LogP contribution in [0.15, 0.2) is 36.4 Å². The fourth-order valence-electron chi connectivity index (χ4n) is 2.43. The lowest BCUT2D eigenvalue weighted by Crippen LogP contribution is -1.89. The minimum atomic E-state index is 0.904. The summed E-state index contributed by atoms with van der Waals surface area (Å²) in [6, 6.07) is 12.5. The van der Waals surface area contributed by atoms with E-state index in [-0.39, 0.29) is 0 Å². The van der Waals surface area contributed by atoms with Crippen molar-refractivity contribution in [2.75, 3.05) is 7.11 Å². The summed E-state index contributed by atoms with van der Waals surface area (Å²) in [7, 11) is 1.70. The van der Waals surface area contributed by atoms with Crippen molar-refractivity contribution in [2.45, 2.75) is 20.8 Å². The number of methoxy groups -OCH3 is 1. The van der Waals surface area contributed by atoms with Gasteiger partial charge in [-0.05, 0) is 43.5 Å². The fraction of sp³-hybridized carbons (Fsp3) is 0.222. The fourth-order valence-corrected chi connectivity index (χ4v) is 2.43. The van der Waals surface area contributed by atoms with E-state index in [1.54, 1.807) is 7.11 Å². The van der Waals surface area contributed by atoms with E-state index in [2.05, 4.69) is 51.1 Å². The lowest BCUT2D eigenvalue weighted by Gasteiger charge is -2.08. The van der Waals surface area contributed by atoms with Crippen LogP contribution < -0.4 is 4.74 Å². The largest absolute Gasteiger partial charge is 0.496 e. The molecule has 2 rings (SSSR count). The third-order valence-corrected chi connectivity index (χ3v) is 3.31. The third-order valence-electron chi connectivity index (χ3n) is 3.31. The lowest BCUT2D eigenvalue weighted by molar-refractivity contribution is 0.414. The first-order valence-corrected chi connectivity index (χ1v) is 6.51. The summed E-state index contributed by atoms with van der Waals surface area (Å²) >= 11 is 0. The van der Waals surface area contributed by atoms with Crippen molar-refractivity contribution < 1.29 is 4.74 Å². The van der Waals surface area contributed by atoms with Crippen LogP contribution in [0.2, 0.25) is 0 Å². The third kappa shape index (κ3) is 3.05. The van der Waals surface area contributed by atoms with Gasteiger partial charge < -0.3 is 4.74 Å². The van der Waals surface area contributed by atoms with Crippen LogP contribution in [-0.2, 0) is 0 Å². The Morgan fingerprint density at radius 2 is 1.53 bits per heavy atom. The van der Waals surface area contributed by atoms with Crippen LogP contribution in [0.3, 0.4) is 0 Å². The van der Waals surface area contributed by atoms with Gasteiger partial charge in [-0.3, -0.25) is 0 Å². The lowest BCUT2D eigenvalue weighted by atomic mass is 9.99. The molecule has 0 saturated heterocycles. The van der Waals surface area contributed by atoms with E-state index in [9.17, 15) is 0 Å². The number of benzene rings is 2. The first-order chi connectivity index (χ1) is 9.11. The van der Waals surface area contributed by atoms with Crippen molar-refractivity contribution >= 4 is 12.2 Å². The average molecular weight is 252 g/mol. The Labute approximate surface area is 115 Å². The quantitative estimate of drug-likeness (QED) is 0.714. The van der Waals surface area contributed by atoms with E-state index >= 15 is 0 Å². The SMILES string of the molecule is COc1ccccc1/C=C/c1c(C)cc(C)cc1C. The zero-order chi connectivity index (χ0) is 13.8. The molecule has 1 nitrogen and oxygen atoms in total. The normalized spacial score (nSPS) is 10.9. The van der Waals surface area contributed by atoms with Crippen molar-refractivity contribution in [3.05, 3.63) is 64.2 Å². The van der Waals surface area contributed by atoms with Gasteiger partial charge in [0, 0.05) is 5.56 Å². The van der Waals surface area contributed by atoms with E-state index in [4.69, 9.17) is 4.74 Å². The van der Waals surface area contributed by atoms with Crippen LogP contribution in [0, 0.1) is 20.8 Å². The zero-order valence-electron chi connectivity index (χ0n) is 12.0. The number of para-hydroxylation sites is 1. The highest BCUT2D eigenvalue weighted by atomic mass is 16.5. The summed E-state index contributed by atoms with van der Waals surface area (Å²) in [6.07, 6.45) is 4.28. The Kier molecular flexibility index (Phi) is 4.06. The maximum absolute atomic E-state index is 5.36. The molecular weight excluding hydrogens is 232 g/mol. The van der Waals surface area contributed by atoms with Gasteiger partial charge in [0.2, 0.25) is 0 Å². The van der Waals surface area contributed by atoms with Gasteiger partial charge in [-0.2, -0.15) is 0 Å². The molecule has 0 aliphatic heterocycles. The maximum Gasteiger partial charge on any atom is 0.126 e. The highest BCUT2D eigenvalue weighted by molar-refractivity contribution is 5.75. The number of rotatable bonds is 3. The van der Waals surface area contributed by atoms with E-state index < -0.39 is 0 Å². The first kappa shape index (κ1) is 13.4. The van der Waals surface area contributed by atoms with Crippen LogP contribution in [0.1, 0.15) is 27.8 Å². The van der Waals surface area contributed by atoms with Gasteiger partial charge in [0.15, 0.2) is 0 Å². The molecule has 2 aromatic rings. The molecule has 0 amide bonds. The molecular formula is C18H20O. The minimum absolute atomic E-state index is 0.904. The van der Waals surface area contributed by atoms with Gasteiger partial charge >= 0.3 is 0 Å². The molecule has 0 heterocycles. The van der Waals surface area contributed by atoms with Crippen LogP contribution in [-0.4, -0.2) is 7.11 Å². The molecule has 0 atom stereocenters. The molecule has 0 fully saturated rings. The van der Waals surface area contributed by atoms with Gasteiger partial charge in [-0.25, -0.2) is 0 Å². The molecule has 0 N–H and O–H groups in total. The number of hydrogen-bond donors (Lipinski definition) is 0. The summed E-state index contributed by atoms with van der Waals surface area (Å²) in [5.41, 5.74) is 6.32. The number of aryl methyl sites for hydroxylation is 3. The Hall–Kier alpha value is -2.02. The molecule has 0 unspecified atom stereocenters. The van der Waals surface area contributed by atoms with Gasteiger partial charge in [0.1, 0.15) is 5.75 Å². The highest BCUT2D eigenvalue weighted by Crippen LogP contribution is 2.23. The Morgan fingerprint density at radius 1 is 0.895 bits per heavy atom. The van der Waals surface area contributed by atoms with E-state index in [0.29, 0.717) is 0 Å². The summed E-state index contributed by atoms with van der Waals surface area (Å²) < 4.78 is 5.36. The number of ether oxygens (including phenoxy) is 1. The summed E-state index contributed by atoms with van der Waals surface area (Å²) in [5.74, 6) is 0.904. The van der Waals surface area contributed by atoms with Crippen LogP contribution in [0.25, 0.3) is 12.2 Å². The monoisotopic (exact) mass is 252 g/mol. The second-order valence-electron chi connectivity index (χ2n) is 4.89. The highest BCUT2D eigenvalue weighted by Gasteiger charge is 2.01. The van der Waals surface area contributed by atoms with Crippen molar-refractivity contribution in [2.24, 2.45) is 0 Å². The Bertz CT molecular complexity index is 586. The molecule has 0 aromatic heterocycles. The molecule has 0 saturated carbocycles. The molecule has 2 aromatic carbocycles. The molecule has 0 bridgehead atoms. The van der Waals surface area contributed by atoms with Crippen molar-refractivity contribution in [3.8, 4) is 5.75 Å². The summed E-state index contributed by atoms with van der Waals surface area (Å²) in [4.78, 5) is 0. The van der Waals surface area contributed by atoms with Gasteiger partial charge in [0.25, 0.3) is 0 Å². The topological polar surface area (TPSA) is 9.23 Å². The molecule has 0 aliphatic carbocycles.